The van der Waals surface area contributed by atoms with E-state index in [1.807, 2.05) is 19.9 Å². The van der Waals surface area contributed by atoms with Gasteiger partial charge in [-0.15, -0.1) is 0 Å². The highest BCUT2D eigenvalue weighted by molar-refractivity contribution is 7.89. The fourth-order valence-electron chi connectivity index (χ4n) is 2.95. The summed E-state index contributed by atoms with van der Waals surface area (Å²) >= 11 is 0. The minimum atomic E-state index is -3.62. The maximum atomic E-state index is 12.8. The molecule has 22 heavy (non-hydrogen) atoms. The maximum absolute atomic E-state index is 12.8. The van der Waals surface area contributed by atoms with Gasteiger partial charge in [0.2, 0.25) is 10.0 Å². The highest BCUT2D eigenvalue weighted by Gasteiger charge is 2.33. The Labute approximate surface area is 132 Å². The minimum Gasteiger partial charge on any atom is -0.481 e. The number of rotatable bonds is 5. The van der Waals surface area contributed by atoms with Crippen molar-refractivity contribution in [2.24, 2.45) is 5.92 Å². The molecule has 1 unspecified atom stereocenters. The molecule has 1 saturated heterocycles. The van der Waals surface area contributed by atoms with Crippen LogP contribution >= 0.6 is 0 Å². The van der Waals surface area contributed by atoms with Crippen LogP contribution in [-0.2, 0) is 27.7 Å². The van der Waals surface area contributed by atoms with E-state index < -0.39 is 21.9 Å². The Hall–Kier alpha value is -1.40. The van der Waals surface area contributed by atoms with Gasteiger partial charge >= 0.3 is 5.97 Å². The Balaban J connectivity index is 2.32. The molecule has 5 nitrogen and oxygen atoms in total. The van der Waals surface area contributed by atoms with Gasteiger partial charge in [0.15, 0.2) is 0 Å². The van der Waals surface area contributed by atoms with Gasteiger partial charge in [-0.2, -0.15) is 4.31 Å². The van der Waals surface area contributed by atoms with Crippen molar-refractivity contribution in [3.8, 4) is 0 Å². The van der Waals surface area contributed by atoms with E-state index in [9.17, 15) is 13.2 Å². The third-order valence-electron chi connectivity index (χ3n) is 4.31. The van der Waals surface area contributed by atoms with Crippen molar-refractivity contribution in [3.05, 3.63) is 29.3 Å². The van der Waals surface area contributed by atoms with Gasteiger partial charge in [-0.1, -0.05) is 19.9 Å². The summed E-state index contributed by atoms with van der Waals surface area (Å²) in [5.74, 6) is -1.53. The summed E-state index contributed by atoms with van der Waals surface area (Å²) in [6, 6.07) is 5.24. The Bertz CT molecular complexity index is 654. The number of hydrogen-bond acceptors (Lipinski definition) is 3. The normalized spacial score (nSPS) is 20.0. The van der Waals surface area contributed by atoms with Gasteiger partial charge in [0.05, 0.1) is 10.8 Å². The maximum Gasteiger partial charge on any atom is 0.307 e. The SMILES string of the molecule is CCc1ccc(S(=O)(=O)N2CCCC(C(=O)O)C2)cc1CC. The molecule has 0 radical (unpaired) electrons. The third-order valence-corrected chi connectivity index (χ3v) is 6.17. The van der Waals surface area contributed by atoms with E-state index in [0.717, 1.165) is 24.0 Å². The summed E-state index contributed by atoms with van der Waals surface area (Å²) in [5.41, 5.74) is 2.19. The molecule has 1 aliphatic heterocycles. The smallest absolute Gasteiger partial charge is 0.307 e. The predicted molar refractivity (Wildman–Crippen MR) is 84.3 cm³/mol. The summed E-state index contributed by atoms with van der Waals surface area (Å²) in [7, 11) is -3.62. The number of hydrogen-bond donors (Lipinski definition) is 1. The molecule has 0 saturated carbocycles. The van der Waals surface area contributed by atoms with Gasteiger partial charge in [0, 0.05) is 13.1 Å². The molecule has 1 aromatic rings. The van der Waals surface area contributed by atoms with Crippen LogP contribution in [0.2, 0.25) is 0 Å². The van der Waals surface area contributed by atoms with Crippen molar-refractivity contribution in [2.45, 2.75) is 44.4 Å². The first-order valence-electron chi connectivity index (χ1n) is 7.74. The first kappa shape index (κ1) is 17.0. The van der Waals surface area contributed by atoms with Gasteiger partial charge in [-0.05, 0) is 48.9 Å². The van der Waals surface area contributed by atoms with Crippen LogP contribution in [0.1, 0.15) is 37.8 Å². The molecule has 1 atom stereocenters. The molecule has 0 aromatic heterocycles. The lowest BCUT2D eigenvalue weighted by atomic mass is 10.0. The third kappa shape index (κ3) is 3.33. The fourth-order valence-corrected chi connectivity index (χ4v) is 4.52. The second kappa shape index (κ2) is 6.79. The highest BCUT2D eigenvalue weighted by atomic mass is 32.2. The van der Waals surface area contributed by atoms with Crippen LogP contribution in [0.4, 0.5) is 0 Å². The van der Waals surface area contributed by atoms with E-state index in [-0.39, 0.29) is 11.4 Å². The zero-order valence-electron chi connectivity index (χ0n) is 13.1. The van der Waals surface area contributed by atoms with Crippen molar-refractivity contribution >= 4 is 16.0 Å². The zero-order chi connectivity index (χ0) is 16.3. The monoisotopic (exact) mass is 325 g/mol. The highest BCUT2D eigenvalue weighted by Crippen LogP contribution is 2.25. The zero-order valence-corrected chi connectivity index (χ0v) is 13.9. The lowest BCUT2D eigenvalue weighted by molar-refractivity contribution is -0.142. The number of sulfonamides is 1. The molecule has 0 aliphatic carbocycles. The standard InChI is InChI=1S/C16H23NO4S/c1-3-12-7-8-15(10-13(12)4-2)22(20,21)17-9-5-6-14(11-17)16(18)19/h7-8,10,14H,3-6,9,11H2,1-2H3,(H,18,19). The van der Waals surface area contributed by atoms with Crippen LogP contribution in [0, 0.1) is 5.92 Å². The number of carbonyl (C=O) groups is 1. The summed E-state index contributed by atoms with van der Waals surface area (Å²) < 4.78 is 26.8. The van der Waals surface area contributed by atoms with E-state index in [0.29, 0.717) is 19.4 Å². The van der Waals surface area contributed by atoms with Crippen LogP contribution in [0.3, 0.4) is 0 Å². The minimum absolute atomic E-state index is 0.0641. The molecule has 1 aromatic carbocycles. The van der Waals surface area contributed by atoms with Crippen LogP contribution in [0.15, 0.2) is 23.1 Å². The van der Waals surface area contributed by atoms with E-state index in [1.54, 1.807) is 12.1 Å². The number of carboxylic acids is 1. The average molecular weight is 325 g/mol. The molecule has 0 bridgehead atoms. The second-order valence-corrected chi connectivity index (χ2v) is 7.62. The largest absolute Gasteiger partial charge is 0.481 e. The molecular formula is C16H23NO4S. The van der Waals surface area contributed by atoms with E-state index in [2.05, 4.69) is 0 Å². The molecule has 1 fully saturated rings. The van der Waals surface area contributed by atoms with E-state index >= 15 is 0 Å². The Kier molecular flexibility index (Phi) is 5.24. The van der Waals surface area contributed by atoms with Crippen LogP contribution in [0.5, 0.6) is 0 Å². The second-order valence-electron chi connectivity index (χ2n) is 5.68. The fraction of sp³-hybridized carbons (Fsp3) is 0.562. The quantitative estimate of drug-likeness (QED) is 0.901. The van der Waals surface area contributed by atoms with E-state index in [4.69, 9.17) is 5.11 Å². The number of aliphatic carboxylic acids is 1. The topological polar surface area (TPSA) is 74.7 Å². The Morgan fingerprint density at radius 1 is 1.27 bits per heavy atom. The molecule has 1 heterocycles. The summed E-state index contributed by atoms with van der Waals surface area (Å²) in [5, 5.41) is 9.12. The number of benzene rings is 1. The van der Waals surface area contributed by atoms with Gasteiger partial charge in [-0.3, -0.25) is 4.79 Å². The number of nitrogens with zero attached hydrogens (tertiary/aromatic N) is 1. The van der Waals surface area contributed by atoms with Crippen LogP contribution < -0.4 is 0 Å². The Morgan fingerprint density at radius 2 is 1.95 bits per heavy atom. The number of piperidine rings is 1. The van der Waals surface area contributed by atoms with Gasteiger partial charge in [0.1, 0.15) is 0 Å². The predicted octanol–water partition coefficient (Wildman–Crippen LogP) is 2.30. The molecule has 1 N–H and O–H groups in total. The van der Waals surface area contributed by atoms with Crippen molar-refractivity contribution in [1.29, 1.82) is 0 Å². The van der Waals surface area contributed by atoms with Crippen molar-refractivity contribution < 1.29 is 18.3 Å². The molecule has 0 spiro atoms. The van der Waals surface area contributed by atoms with Crippen molar-refractivity contribution in [3.63, 3.8) is 0 Å². The van der Waals surface area contributed by atoms with Gasteiger partial charge in [0.25, 0.3) is 0 Å². The van der Waals surface area contributed by atoms with Gasteiger partial charge < -0.3 is 5.11 Å². The van der Waals surface area contributed by atoms with Crippen molar-refractivity contribution in [2.75, 3.05) is 13.1 Å². The van der Waals surface area contributed by atoms with Gasteiger partial charge in [-0.25, -0.2) is 8.42 Å². The molecule has 0 amide bonds. The number of carboxylic acid groups (broad SMARTS) is 1. The first-order chi connectivity index (χ1) is 10.4. The first-order valence-corrected chi connectivity index (χ1v) is 9.18. The number of aryl methyl sites for hydroxylation is 2. The molecular weight excluding hydrogens is 302 g/mol. The lowest BCUT2D eigenvalue weighted by Gasteiger charge is -2.30. The molecule has 122 valence electrons. The lowest BCUT2D eigenvalue weighted by Crippen LogP contribution is -2.42. The van der Waals surface area contributed by atoms with Crippen LogP contribution in [0.25, 0.3) is 0 Å². The van der Waals surface area contributed by atoms with Crippen molar-refractivity contribution in [1.82, 2.24) is 4.31 Å². The average Bonchev–Trinajstić information content (AvgIpc) is 2.54. The molecule has 2 rings (SSSR count). The summed E-state index contributed by atoms with van der Waals surface area (Å²) in [6.45, 7) is 4.51. The summed E-state index contributed by atoms with van der Waals surface area (Å²) in [6.07, 6.45) is 2.78. The molecule has 6 heteroatoms. The van der Waals surface area contributed by atoms with E-state index in [1.165, 1.54) is 4.31 Å². The Morgan fingerprint density at radius 3 is 2.55 bits per heavy atom. The summed E-state index contributed by atoms with van der Waals surface area (Å²) in [4.78, 5) is 11.4. The molecule has 1 aliphatic rings. The van der Waals surface area contributed by atoms with Crippen LogP contribution in [-0.4, -0.2) is 36.9 Å².